The van der Waals surface area contributed by atoms with Crippen LogP contribution in [-0.2, 0) is 6.42 Å². The van der Waals surface area contributed by atoms with Gasteiger partial charge in [0.2, 0.25) is 4.96 Å². The number of fused-ring (bicyclic) bond motifs is 1. The van der Waals surface area contributed by atoms with Crippen molar-refractivity contribution in [1.82, 2.24) is 14.6 Å². The Hall–Kier alpha value is -2.21. The van der Waals surface area contributed by atoms with Crippen LogP contribution in [0.2, 0.25) is 10.0 Å². The summed E-state index contributed by atoms with van der Waals surface area (Å²) in [4.78, 5) is 17.6. The smallest absolute Gasteiger partial charge is 0.266 e. The van der Waals surface area contributed by atoms with Crippen LogP contribution >= 0.6 is 34.5 Å². The van der Waals surface area contributed by atoms with Gasteiger partial charge in [-0.3, -0.25) is 4.79 Å². The lowest BCUT2D eigenvalue weighted by Gasteiger charge is -1.98. The lowest BCUT2D eigenvalue weighted by molar-refractivity contribution is 0.879. The lowest BCUT2D eigenvalue weighted by atomic mass is 10.1. The van der Waals surface area contributed by atoms with Gasteiger partial charge in [0.05, 0.1) is 14.6 Å². The third-order valence-electron chi connectivity index (χ3n) is 3.70. The van der Waals surface area contributed by atoms with E-state index in [1.165, 1.54) is 15.9 Å². The number of benzene rings is 2. The summed E-state index contributed by atoms with van der Waals surface area (Å²) in [5, 5.41) is 5.21. The van der Waals surface area contributed by atoms with Crippen LogP contribution in [0.15, 0.2) is 53.3 Å². The standard InChI is InChI=1S/C18H11Cl2N3OS/c19-13-8-4-7-12(16(13)20)10-14-17(24)23-18(25-14)21-15(22-23)9-11-5-2-1-3-6-11/h1-8,10H,9H2/b14-10-. The van der Waals surface area contributed by atoms with E-state index >= 15 is 0 Å². The van der Waals surface area contributed by atoms with Crippen LogP contribution in [0.25, 0.3) is 11.0 Å². The summed E-state index contributed by atoms with van der Waals surface area (Å²) in [6.07, 6.45) is 2.31. The first-order chi connectivity index (χ1) is 12.1. The molecular formula is C18H11Cl2N3OS. The van der Waals surface area contributed by atoms with Gasteiger partial charge in [0.25, 0.3) is 5.56 Å². The molecule has 0 aliphatic rings. The first-order valence-electron chi connectivity index (χ1n) is 7.50. The number of halogens is 2. The first-order valence-corrected chi connectivity index (χ1v) is 9.07. The summed E-state index contributed by atoms with van der Waals surface area (Å²) in [6.45, 7) is 0. The summed E-state index contributed by atoms with van der Waals surface area (Å²) in [7, 11) is 0. The first kappa shape index (κ1) is 16.3. The SMILES string of the molecule is O=c1/c(=C/c2cccc(Cl)c2Cl)sc2nc(Cc3ccccc3)nn12. The molecule has 2 aromatic carbocycles. The Bertz CT molecular complexity index is 1170. The van der Waals surface area contributed by atoms with Gasteiger partial charge < -0.3 is 0 Å². The van der Waals surface area contributed by atoms with Crippen LogP contribution < -0.4 is 10.1 Å². The van der Waals surface area contributed by atoms with Crippen molar-refractivity contribution < 1.29 is 0 Å². The molecule has 0 radical (unpaired) electrons. The van der Waals surface area contributed by atoms with Gasteiger partial charge in [-0.15, -0.1) is 5.10 Å². The molecule has 0 aliphatic heterocycles. The molecule has 0 saturated heterocycles. The minimum absolute atomic E-state index is 0.206. The molecule has 0 N–H and O–H groups in total. The molecule has 0 atom stereocenters. The zero-order chi connectivity index (χ0) is 17.4. The Labute approximate surface area is 157 Å². The van der Waals surface area contributed by atoms with Crippen molar-refractivity contribution in [3.05, 3.63) is 90.4 Å². The second-order valence-electron chi connectivity index (χ2n) is 5.44. The maximum Gasteiger partial charge on any atom is 0.291 e. The van der Waals surface area contributed by atoms with Gasteiger partial charge in [-0.2, -0.15) is 4.52 Å². The highest BCUT2D eigenvalue weighted by atomic mass is 35.5. The largest absolute Gasteiger partial charge is 0.291 e. The van der Waals surface area contributed by atoms with E-state index in [1.807, 2.05) is 36.4 Å². The summed E-state index contributed by atoms with van der Waals surface area (Å²) >= 11 is 13.5. The Morgan fingerprint density at radius 3 is 2.64 bits per heavy atom. The molecule has 0 bridgehead atoms. The van der Waals surface area contributed by atoms with Crippen LogP contribution in [0.3, 0.4) is 0 Å². The Morgan fingerprint density at radius 1 is 1.08 bits per heavy atom. The van der Waals surface area contributed by atoms with E-state index in [4.69, 9.17) is 23.2 Å². The highest BCUT2D eigenvalue weighted by Gasteiger charge is 2.11. The molecular weight excluding hydrogens is 377 g/mol. The normalized spacial score (nSPS) is 12.2. The molecule has 0 fully saturated rings. The van der Waals surface area contributed by atoms with Crippen LogP contribution in [0.1, 0.15) is 17.0 Å². The fraction of sp³-hybridized carbons (Fsp3) is 0.0556. The van der Waals surface area contributed by atoms with Gasteiger partial charge in [-0.05, 0) is 23.3 Å². The van der Waals surface area contributed by atoms with Crippen molar-refractivity contribution in [3.8, 4) is 0 Å². The Kier molecular flexibility index (Phi) is 4.29. The van der Waals surface area contributed by atoms with Crippen LogP contribution in [0.4, 0.5) is 0 Å². The molecule has 124 valence electrons. The van der Waals surface area contributed by atoms with E-state index in [2.05, 4.69) is 10.1 Å². The van der Waals surface area contributed by atoms with Crippen LogP contribution in [0.5, 0.6) is 0 Å². The monoisotopic (exact) mass is 387 g/mol. The number of hydrogen-bond donors (Lipinski definition) is 0. The molecule has 4 nitrogen and oxygen atoms in total. The van der Waals surface area contributed by atoms with Crippen molar-refractivity contribution in [2.45, 2.75) is 6.42 Å². The van der Waals surface area contributed by atoms with Gasteiger partial charge in [-0.25, -0.2) is 4.98 Å². The van der Waals surface area contributed by atoms with Gasteiger partial charge in [0.15, 0.2) is 5.82 Å². The molecule has 7 heteroatoms. The van der Waals surface area contributed by atoms with Crippen LogP contribution in [0, 0.1) is 0 Å². The molecule has 25 heavy (non-hydrogen) atoms. The maximum absolute atomic E-state index is 12.6. The highest BCUT2D eigenvalue weighted by Crippen LogP contribution is 2.25. The minimum atomic E-state index is -0.206. The molecule has 0 saturated carbocycles. The summed E-state index contributed by atoms with van der Waals surface area (Å²) in [6, 6.07) is 15.2. The highest BCUT2D eigenvalue weighted by molar-refractivity contribution is 7.15. The summed E-state index contributed by atoms with van der Waals surface area (Å²) in [5.41, 5.74) is 1.59. The minimum Gasteiger partial charge on any atom is -0.266 e. The molecule has 0 aliphatic carbocycles. The number of rotatable bonds is 3. The van der Waals surface area contributed by atoms with Crippen molar-refractivity contribution in [2.75, 3.05) is 0 Å². The topological polar surface area (TPSA) is 47.3 Å². The van der Waals surface area contributed by atoms with Gasteiger partial charge in [0, 0.05) is 6.42 Å². The average molecular weight is 388 g/mol. The van der Waals surface area contributed by atoms with Crippen molar-refractivity contribution in [3.63, 3.8) is 0 Å². The van der Waals surface area contributed by atoms with E-state index in [-0.39, 0.29) is 5.56 Å². The van der Waals surface area contributed by atoms with E-state index in [1.54, 1.807) is 18.2 Å². The second kappa shape index (κ2) is 6.59. The van der Waals surface area contributed by atoms with Gasteiger partial charge in [0.1, 0.15) is 0 Å². The number of aromatic nitrogens is 3. The Balaban J connectivity index is 1.74. The predicted octanol–water partition coefficient (Wildman–Crippen LogP) is 3.60. The van der Waals surface area contributed by atoms with E-state index in [0.717, 1.165) is 5.56 Å². The van der Waals surface area contributed by atoms with E-state index in [9.17, 15) is 4.79 Å². The number of thiazole rings is 1. The molecule has 4 aromatic rings. The molecule has 2 heterocycles. The third-order valence-corrected chi connectivity index (χ3v) is 5.49. The molecule has 0 unspecified atom stereocenters. The summed E-state index contributed by atoms with van der Waals surface area (Å²) in [5.74, 6) is 0.627. The van der Waals surface area contributed by atoms with Gasteiger partial charge >= 0.3 is 0 Å². The average Bonchev–Trinajstić information content (AvgIpc) is 3.12. The fourth-order valence-electron chi connectivity index (χ4n) is 2.50. The zero-order valence-corrected chi connectivity index (χ0v) is 15.1. The van der Waals surface area contributed by atoms with Crippen LogP contribution in [-0.4, -0.2) is 14.6 Å². The number of nitrogens with zero attached hydrogens (tertiary/aromatic N) is 3. The molecule has 0 spiro atoms. The van der Waals surface area contributed by atoms with Crippen molar-refractivity contribution >= 4 is 45.6 Å². The van der Waals surface area contributed by atoms with E-state index < -0.39 is 0 Å². The zero-order valence-electron chi connectivity index (χ0n) is 12.8. The van der Waals surface area contributed by atoms with Crippen molar-refractivity contribution in [2.24, 2.45) is 0 Å². The molecule has 4 rings (SSSR count). The van der Waals surface area contributed by atoms with Gasteiger partial charge in [-0.1, -0.05) is 77.0 Å². The molecule has 0 amide bonds. The second-order valence-corrected chi connectivity index (χ2v) is 7.24. The summed E-state index contributed by atoms with van der Waals surface area (Å²) < 4.78 is 1.86. The molecule has 2 aromatic heterocycles. The third kappa shape index (κ3) is 3.18. The van der Waals surface area contributed by atoms with E-state index in [0.29, 0.717) is 37.3 Å². The number of hydrogen-bond acceptors (Lipinski definition) is 4. The quantitative estimate of drug-likeness (QED) is 0.539. The lowest BCUT2D eigenvalue weighted by Crippen LogP contribution is -2.23. The maximum atomic E-state index is 12.6. The Morgan fingerprint density at radius 2 is 1.88 bits per heavy atom. The predicted molar refractivity (Wildman–Crippen MR) is 102 cm³/mol. The van der Waals surface area contributed by atoms with Crippen molar-refractivity contribution in [1.29, 1.82) is 0 Å². The fourth-order valence-corrected chi connectivity index (χ4v) is 3.78.